The zero-order valence-corrected chi connectivity index (χ0v) is 6.81. The van der Waals surface area contributed by atoms with Crippen LogP contribution in [0, 0.1) is 0 Å². The summed E-state index contributed by atoms with van der Waals surface area (Å²) < 4.78 is 1.88. The number of nitrogens with zero attached hydrogens (tertiary/aromatic N) is 2. The van der Waals surface area contributed by atoms with Gasteiger partial charge in [-0.05, 0) is 19.1 Å². The van der Waals surface area contributed by atoms with Gasteiger partial charge in [0.1, 0.15) is 0 Å². The Morgan fingerprint density at radius 1 is 1.50 bits per heavy atom. The van der Waals surface area contributed by atoms with Crippen LogP contribution in [0.15, 0.2) is 30.7 Å². The maximum absolute atomic E-state index is 9.39. The van der Waals surface area contributed by atoms with E-state index in [0.29, 0.717) is 0 Å². The van der Waals surface area contributed by atoms with Crippen LogP contribution < -0.4 is 0 Å². The average Bonchev–Trinajstić information content (AvgIpc) is 2.49. The van der Waals surface area contributed by atoms with E-state index < -0.39 is 6.10 Å². The molecule has 2 aromatic heterocycles. The van der Waals surface area contributed by atoms with E-state index in [1.165, 1.54) is 0 Å². The monoisotopic (exact) mass is 162 g/mol. The van der Waals surface area contributed by atoms with Crippen molar-refractivity contribution in [2.75, 3.05) is 0 Å². The summed E-state index contributed by atoms with van der Waals surface area (Å²) in [4.78, 5) is 4.00. The molecule has 0 unspecified atom stereocenters. The third-order valence-corrected chi connectivity index (χ3v) is 1.91. The van der Waals surface area contributed by atoms with Crippen LogP contribution in [0.2, 0.25) is 0 Å². The largest absolute Gasteiger partial charge is 0.387 e. The summed E-state index contributed by atoms with van der Waals surface area (Å²) in [6.07, 6.45) is 3.02. The van der Waals surface area contributed by atoms with Gasteiger partial charge in [-0.1, -0.05) is 6.07 Å². The van der Waals surface area contributed by atoms with Gasteiger partial charge in [0.2, 0.25) is 0 Å². The molecular formula is C9H10N2O. The second kappa shape index (κ2) is 2.60. The van der Waals surface area contributed by atoms with Gasteiger partial charge in [0.05, 0.1) is 29.8 Å². The molecular weight excluding hydrogens is 152 g/mol. The van der Waals surface area contributed by atoms with Gasteiger partial charge in [-0.2, -0.15) is 0 Å². The van der Waals surface area contributed by atoms with Gasteiger partial charge in [-0.15, -0.1) is 0 Å². The van der Waals surface area contributed by atoms with E-state index in [2.05, 4.69) is 4.98 Å². The summed E-state index contributed by atoms with van der Waals surface area (Å²) in [5, 5.41) is 9.39. The minimum absolute atomic E-state index is 0.456. The fourth-order valence-electron chi connectivity index (χ4n) is 1.31. The minimum Gasteiger partial charge on any atom is -0.387 e. The Morgan fingerprint density at radius 2 is 2.33 bits per heavy atom. The highest BCUT2D eigenvalue weighted by Gasteiger charge is 2.04. The van der Waals surface area contributed by atoms with E-state index >= 15 is 0 Å². The number of fused-ring (bicyclic) bond motifs is 1. The molecule has 3 heteroatoms. The predicted octanol–water partition coefficient (Wildman–Crippen LogP) is 1.39. The number of aliphatic hydroxyl groups is 1. The van der Waals surface area contributed by atoms with Crippen LogP contribution in [0.5, 0.6) is 0 Å². The first kappa shape index (κ1) is 7.31. The lowest BCUT2D eigenvalue weighted by Gasteiger charge is -2.06. The van der Waals surface area contributed by atoms with Crippen LogP contribution in [0.3, 0.4) is 0 Å². The Morgan fingerprint density at radius 3 is 3.08 bits per heavy atom. The summed E-state index contributed by atoms with van der Waals surface area (Å²) in [6, 6.07) is 5.76. The van der Waals surface area contributed by atoms with Crippen LogP contribution in [-0.2, 0) is 0 Å². The van der Waals surface area contributed by atoms with Crippen molar-refractivity contribution in [2.45, 2.75) is 13.0 Å². The molecule has 2 aromatic rings. The first-order valence-electron chi connectivity index (χ1n) is 3.88. The number of hydrogen-bond donors (Lipinski definition) is 1. The molecule has 12 heavy (non-hydrogen) atoms. The van der Waals surface area contributed by atoms with E-state index in [-0.39, 0.29) is 0 Å². The molecule has 0 aromatic carbocycles. The predicted molar refractivity (Wildman–Crippen MR) is 45.8 cm³/mol. The molecule has 0 radical (unpaired) electrons. The molecule has 62 valence electrons. The zero-order chi connectivity index (χ0) is 8.55. The van der Waals surface area contributed by atoms with Gasteiger partial charge >= 0.3 is 0 Å². The van der Waals surface area contributed by atoms with Crippen LogP contribution >= 0.6 is 0 Å². The van der Waals surface area contributed by atoms with Crippen molar-refractivity contribution in [3.8, 4) is 0 Å². The molecule has 3 nitrogen and oxygen atoms in total. The van der Waals surface area contributed by atoms with Gasteiger partial charge in [-0.3, -0.25) is 0 Å². The highest BCUT2D eigenvalue weighted by atomic mass is 16.3. The molecule has 0 fully saturated rings. The Balaban J connectivity index is 2.73. The normalized spacial score (nSPS) is 13.5. The third-order valence-electron chi connectivity index (χ3n) is 1.91. The van der Waals surface area contributed by atoms with E-state index in [4.69, 9.17) is 0 Å². The molecule has 0 saturated heterocycles. The van der Waals surface area contributed by atoms with Gasteiger partial charge < -0.3 is 9.51 Å². The van der Waals surface area contributed by atoms with Crippen molar-refractivity contribution < 1.29 is 5.11 Å². The quantitative estimate of drug-likeness (QED) is 0.688. The Bertz CT molecular complexity index is 392. The van der Waals surface area contributed by atoms with Gasteiger partial charge in [0.15, 0.2) is 0 Å². The number of hydrogen-bond acceptors (Lipinski definition) is 2. The summed E-state index contributed by atoms with van der Waals surface area (Å²) >= 11 is 0. The van der Waals surface area contributed by atoms with E-state index in [9.17, 15) is 5.11 Å². The van der Waals surface area contributed by atoms with Crippen LogP contribution in [0.4, 0.5) is 0 Å². The fourth-order valence-corrected chi connectivity index (χ4v) is 1.31. The van der Waals surface area contributed by atoms with E-state index in [1.807, 2.05) is 22.6 Å². The average molecular weight is 162 g/mol. The summed E-state index contributed by atoms with van der Waals surface area (Å²) in [6.45, 7) is 1.74. The standard InChI is InChI=1S/C9H10N2O/c1-7(12)9-4-2-3-8-5-10-6-11(8)9/h2-7,12H,1H3/t7-/m1/s1. The third kappa shape index (κ3) is 0.987. The second-order valence-corrected chi connectivity index (χ2v) is 2.82. The van der Waals surface area contributed by atoms with Crippen LogP contribution in [-0.4, -0.2) is 14.5 Å². The van der Waals surface area contributed by atoms with Gasteiger partial charge in [0, 0.05) is 0 Å². The van der Waals surface area contributed by atoms with Gasteiger partial charge in [-0.25, -0.2) is 4.98 Å². The van der Waals surface area contributed by atoms with Crippen LogP contribution in [0.1, 0.15) is 18.7 Å². The van der Waals surface area contributed by atoms with Crippen molar-refractivity contribution in [3.05, 3.63) is 36.4 Å². The van der Waals surface area contributed by atoms with Crippen molar-refractivity contribution in [3.63, 3.8) is 0 Å². The molecule has 0 aliphatic heterocycles. The molecule has 2 rings (SSSR count). The number of pyridine rings is 1. The highest BCUT2D eigenvalue weighted by Crippen LogP contribution is 2.13. The first-order valence-corrected chi connectivity index (χ1v) is 3.88. The van der Waals surface area contributed by atoms with Crippen molar-refractivity contribution in [1.29, 1.82) is 0 Å². The second-order valence-electron chi connectivity index (χ2n) is 2.82. The smallest absolute Gasteiger partial charge is 0.0995 e. The van der Waals surface area contributed by atoms with Gasteiger partial charge in [0.25, 0.3) is 0 Å². The molecule has 0 saturated carbocycles. The van der Waals surface area contributed by atoms with Crippen molar-refractivity contribution in [1.82, 2.24) is 9.38 Å². The Hall–Kier alpha value is -1.35. The fraction of sp³-hybridized carbons (Fsp3) is 0.222. The summed E-state index contributed by atoms with van der Waals surface area (Å²) in [5.74, 6) is 0. The maximum Gasteiger partial charge on any atom is 0.0995 e. The molecule has 1 atom stereocenters. The molecule has 0 aliphatic rings. The lowest BCUT2D eigenvalue weighted by molar-refractivity contribution is 0.193. The Labute approximate surface area is 70.3 Å². The zero-order valence-electron chi connectivity index (χ0n) is 6.81. The molecule has 0 bridgehead atoms. The topological polar surface area (TPSA) is 37.5 Å². The lowest BCUT2D eigenvalue weighted by atomic mass is 10.2. The highest BCUT2D eigenvalue weighted by molar-refractivity contribution is 5.45. The summed E-state index contributed by atoms with van der Waals surface area (Å²) in [5.41, 5.74) is 1.87. The summed E-state index contributed by atoms with van der Waals surface area (Å²) in [7, 11) is 0. The maximum atomic E-state index is 9.39. The Kier molecular flexibility index (Phi) is 1.59. The molecule has 1 N–H and O–H groups in total. The number of rotatable bonds is 1. The molecule has 0 aliphatic carbocycles. The first-order chi connectivity index (χ1) is 5.79. The number of imidazole rings is 1. The molecule has 2 heterocycles. The lowest BCUT2D eigenvalue weighted by Crippen LogP contribution is -1.98. The van der Waals surface area contributed by atoms with E-state index in [1.54, 1.807) is 19.4 Å². The van der Waals surface area contributed by atoms with Crippen molar-refractivity contribution in [2.24, 2.45) is 0 Å². The SMILES string of the molecule is C[C@@H](O)c1cccc2cncn12. The molecule has 0 spiro atoms. The van der Waals surface area contributed by atoms with Crippen LogP contribution in [0.25, 0.3) is 5.52 Å². The molecule has 0 amide bonds. The van der Waals surface area contributed by atoms with Crippen molar-refractivity contribution >= 4 is 5.52 Å². The number of aromatic nitrogens is 2. The van der Waals surface area contributed by atoms with E-state index in [0.717, 1.165) is 11.2 Å². The number of aliphatic hydroxyl groups excluding tert-OH is 1. The minimum atomic E-state index is -0.456.